The van der Waals surface area contributed by atoms with Gasteiger partial charge in [-0.1, -0.05) is 19.1 Å². The van der Waals surface area contributed by atoms with Gasteiger partial charge >= 0.3 is 5.97 Å². The molecule has 0 fully saturated rings. The van der Waals surface area contributed by atoms with Crippen LogP contribution in [0.4, 0.5) is 10.1 Å². The molecule has 4 heteroatoms. The van der Waals surface area contributed by atoms with Crippen LogP contribution in [0.1, 0.15) is 58.1 Å². The van der Waals surface area contributed by atoms with Crippen LogP contribution in [0.3, 0.4) is 0 Å². The minimum atomic E-state index is -1.04. The number of allylic oxidation sites excluding steroid dienone is 5. The van der Waals surface area contributed by atoms with E-state index >= 15 is 0 Å². The van der Waals surface area contributed by atoms with Gasteiger partial charge in [0.2, 0.25) is 0 Å². The van der Waals surface area contributed by atoms with Crippen LogP contribution in [-0.4, -0.2) is 23.7 Å². The topological polar surface area (TPSA) is 40.5 Å². The maximum Gasteiger partial charge on any atom is 0.328 e. The van der Waals surface area contributed by atoms with Crippen molar-refractivity contribution in [1.29, 1.82) is 0 Å². The Morgan fingerprint density at radius 1 is 1.31 bits per heavy atom. The van der Waals surface area contributed by atoms with E-state index in [2.05, 4.69) is 37.8 Å². The maximum absolute atomic E-state index is 14.5. The second kappa shape index (κ2) is 8.35. The van der Waals surface area contributed by atoms with Crippen molar-refractivity contribution in [2.24, 2.45) is 0 Å². The van der Waals surface area contributed by atoms with E-state index in [1.807, 2.05) is 6.07 Å². The average molecular weight is 357 g/mol. The summed E-state index contributed by atoms with van der Waals surface area (Å²) in [6, 6.07) is 6.59. The number of carbonyl (C=O) groups is 1. The lowest BCUT2D eigenvalue weighted by Gasteiger charge is -2.37. The molecule has 2 rings (SSSR count). The summed E-state index contributed by atoms with van der Waals surface area (Å²) in [6.07, 6.45) is 4.96. The van der Waals surface area contributed by atoms with Crippen LogP contribution in [0, 0.1) is 0 Å². The molecule has 1 atom stereocenters. The number of halogens is 1. The lowest BCUT2D eigenvalue weighted by molar-refractivity contribution is -0.131. The van der Waals surface area contributed by atoms with E-state index in [0.29, 0.717) is 23.1 Å². The van der Waals surface area contributed by atoms with Gasteiger partial charge in [-0.25, -0.2) is 9.18 Å². The number of carboxylic acids is 1. The highest BCUT2D eigenvalue weighted by Gasteiger charge is 2.24. The third-order valence-corrected chi connectivity index (χ3v) is 4.93. The quantitative estimate of drug-likeness (QED) is 0.543. The Bertz CT molecular complexity index is 774. The van der Waals surface area contributed by atoms with E-state index < -0.39 is 5.97 Å². The van der Waals surface area contributed by atoms with Crippen molar-refractivity contribution in [3.63, 3.8) is 0 Å². The van der Waals surface area contributed by atoms with Crippen LogP contribution >= 0.6 is 0 Å². The number of nitrogens with zero attached hydrogens (tertiary/aromatic N) is 1. The summed E-state index contributed by atoms with van der Waals surface area (Å²) < 4.78 is 14.5. The van der Waals surface area contributed by atoms with Crippen LogP contribution < -0.4 is 4.90 Å². The molecule has 0 aliphatic carbocycles. The van der Waals surface area contributed by atoms with Gasteiger partial charge in [-0.05, 0) is 80.5 Å². The van der Waals surface area contributed by atoms with Gasteiger partial charge in [0, 0.05) is 24.4 Å². The molecule has 1 aliphatic rings. The standard InChI is InChI=1S/C22H28FNO2/c1-14(2)24-11-10-16(4)19-13-18(7-9-21(19)24)17(5)20(23)8-6-15(3)12-22(25)26/h6-9,12-14,16H,10-11H2,1-5H3,(H,25,26)/b8-6+,15-12+,20-17+. The third-order valence-electron chi connectivity index (χ3n) is 4.93. The fourth-order valence-corrected chi connectivity index (χ4v) is 3.30. The largest absolute Gasteiger partial charge is 0.478 e. The number of fused-ring (bicyclic) bond motifs is 1. The van der Waals surface area contributed by atoms with Crippen molar-refractivity contribution in [2.75, 3.05) is 11.4 Å². The van der Waals surface area contributed by atoms with E-state index in [9.17, 15) is 9.18 Å². The van der Waals surface area contributed by atoms with Crippen molar-refractivity contribution in [3.8, 4) is 0 Å². The summed E-state index contributed by atoms with van der Waals surface area (Å²) in [6.45, 7) is 11.0. The van der Waals surface area contributed by atoms with Gasteiger partial charge in [-0.3, -0.25) is 0 Å². The number of aliphatic carboxylic acids is 1. The minimum absolute atomic E-state index is 0.354. The van der Waals surface area contributed by atoms with Crippen LogP contribution in [0.25, 0.3) is 5.57 Å². The molecular formula is C22H28FNO2. The molecule has 0 spiro atoms. The van der Waals surface area contributed by atoms with Crippen molar-refractivity contribution >= 4 is 17.2 Å². The summed E-state index contributed by atoms with van der Waals surface area (Å²) in [5.41, 5.74) is 4.42. The number of benzene rings is 1. The number of hydrogen-bond acceptors (Lipinski definition) is 2. The first kappa shape index (κ1) is 20.0. The summed E-state index contributed by atoms with van der Waals surface area (Å²) in [4.78, 5) is 13.0. The molecule has 0 saturated heterocycles. The van der Waals surface area contributed by atoms with Gasteiger partial charge in [0.05, 0.1) is 0 Å². The molecule has 1 aromatic rings. The zero-order valence-corrected chi connectivity index (χ0v) is 16.2. The molecule has 0 amide bonds. The second-order valence-corrected chi connectivity index (χ2v) is 7.28. The van der Waals surface area contributed by atoms with E-state index in [0.717, 1.165) is 24.6 Å². The maximum atomic E-state index is 14.5. The molecule has 140 valence electrons. The highest BCUT2D eigenvalue weighted by atomic mass is 19.1. The van der Waals surface area contributed by atoms with E-state index in [1.54, 1.807) is 13.8 Å². The monoisotopic (exact) mass is 357 g/mol. The smallest absolute Gasteiger partial charge is 0.328 e. The molecule has 0 aromatic heterocycles. The van der Waals surface area contributed by atoms with Crippen molar-refractivity contribution in [2.45, 2.75) is 53.0 Å². The first-order chi connectivity index (χ1) is 12.2. The minimum Gasteiger partial charge on any atom is -0.478 e. The zero-order valence-electron chi connectivity index (χ0n) is 16.2. The molecule has 1 N–H and O–H groups in total. The van der Waals surface area contributed by atoms with E-state index in [1.165, 1.54) is 23.4 Å². The van der Waals surface area contributed by atoms with Crippen LogP contribution in [-0.2, 0) is 4.79 Å². The molecule has 1 aliphatic heterocycles. The predicted molar refractivity (Wildman–Crippen MR) is 106 cm³/mol. The summed E-state index contributed by atoms with van der Waals surface area (Å²) in [5, 5.41) is 8.71. The Labute approximate surface area is 155 Å². The van der Waals surface area contributed by atoms with Gasteiger partial charge in [0.25, 0.3) is 0 Å². The third kappa shape index (κ3) is 4.63. The number of carboxylic acid groups (broad SMARTS) is 1. The number of anilines is 1. The van der Waals surface area contributed by atoms with Crippen molar-refractivity contribution in [3.05, 3.63) is 59.0 Å². The van der Waals surface area contributed by atoms with Crippen molar-refractivity contribution < 1.29 is 14.3 Å². The average Bonchev–Trinajstić information content (AvgIpc) is 2.58. The molecule has 0 bridgehead atoms. The Kier molecular flexibility index (Phi) is 6.41. The number of hydrogen-bond donors (Lipinski definition) is 1. The van der Waals surface area contributed by atoms with Gasteiger partial charge in [-0.15, -0.1) is 0 Å². The summed E-state index contributed by atoms with van der Waals surface area (Å²) in [7, 11) is 0. The SMILES string of the molecule is CC(/C=C/C(F)=C(/C)c1ccc2c(c1)C(C)CCN2C(C)C)=C\C(=O)O. The highest BCUT2D eigenvalue weighted by molar-refractivity contribution is 5.81. The van der Waals surface area contributed by atoms with Gasteiger partial charge in [0.15, 0.2) is 0 Å². The number of rotatable bonds is 5. The van der Waals surface area contributed by atoms with Crippen LogP contribution in [0.15, 0.2) is 47.8 Å². The Hall–Kier alpha value is -2.36. The van der Waals surface area contributed by atoms with Gasteiger partial charge < -0.3 is 10.0 Å². The lowest BCUT2D eigenvalue weighted by Crippen LogP contribution is -2.36. The van der Waals surface area contributed by atoms with E-state index in [-0.39, 0.29) is 5.83 Å². The molecule has 1 heterocycles. The fraction of sp³-hybridized carbons (Fsp3) is 0.409. The Morgan fingerprint density at radius 2 is 2.00 bits per heavy atom. The van der Waals surface area contributed by atoms with Gasteiger partial charge in [-0.2, -0.15) is 0 Å². The van der Waals surface area contributed by atoms with Crippen molar-refractivity contribution in [1.82, 2.24) is 0 Å². The Balaban J connectivity index is 2.35. The fourth-order valence-electron chi connectivity index (χ4n) is 3.30. The summed E-state index contributed by atoms with van der Waals surface area (Å²) >= 11 is 0. The molecule has 3 nitrogen and oxygen atoms in total. The second-order valence-electron chi connectivity index (χ2n) is 7.28. The molecule has 26 heavy (non-hydrogen) atoms. The molecule has 0 saturated carbocycles. The highest BCUT2D eigenvalue weighted by Crippen LogP contribution is 2.38. The van der Waals surface area contributed by atoms with Crippen LogP contribution in [0.5, 0.6) is 0 Å². The first-order valence-corrected chi connectivity index (χ1v) is 9.07. The zero-order chi connectivity index (χ0) is 19.4. The summed E-state index contributed by atoms with van der Waals surface area (Å²) in [5.74, 6) is -0.939. The predicted octanol–water partition coefficient (Wildman–Crippen LogP) is 5.70. The lowest BCUT2D eigenvalue weighted by atomic mass is 9.88. The molecular weight excluding hydrogens is 329 g/mol. The van der Waals surface area contributed by atoms with Crippen LogP contribution in [0.2, 0.25) is 0 Å². The van der Waals surface area contributed by atoms with E-state index in [4.69, 9.17) is 5.11 Å². The normalized spacial score (nSPS) is 19.0. The Morgan fingerprint density at radius 3 is 2.62 bits per heavy atom. The molecule has 1 aromatic carbocycles. The first-order valence-electron chi connectivity index (χ1n) is 9.07. The molecule has 1 unspecified atom stereocenters. The molecule has 0 radical (unpaired) electrons. The van der Waals surface area contributed by atoms with Gasteiger partial charge in [0.1, 0.15) is 5.83 Å².